The molecule has 0 atom stereocenters. The summed E-state index contributed by atoms with van der Waals surface area (Å²) < 4.78 is 1.56. The Morgan fingerprint density at radius 1 is 1.32 bits per heavy atom. The summed E-state index contributed by atoms with van der Waals surface area (Å²) in [5.74, 6) is -0.753. The lowest BCUT2D eigenvalue weighted by Gasteiger charge is -2.11. The van der Waals surface area contributed by atoms with Crippen LogP contribution < -0.4 is 0 Å². The number of para-hydroxylation sites is 1. The Balaban J connectivity index is 2.23. The Morgan fingerprint density at radius 3 is 2.47 bits per heavy atom. The van der Waals surface area contributed by atoms with Gasteiger partial charge in [0, 0.05) is 5.92 Å². The molecule has 0 bridgehead atoms. The first kappa shape index (κ1) is 12.5. The number of aromatic carboxylic acids is 1. The summed E-state index contributed by atoms with van der Waals surface area (Å²) in [6.45, 7) is 0. The van der Waals surface area contributed by atoms with E-state index in [1.807, 2.05) is 0 Å². The van der Waals surface area contributed by atoms with Crippen LogP contribution in [0.25, 0.3) is 5.69 Å². The summed E-state index contributed by atoms with van der Waals surface area (Å²) in [4.78, 5) is 11.2. The highest BCUT2D eigenvalue weighted by atomic mass is 35.5. The van der Waals surface area contributed by atoms with Crippen molar-refractivity contribution in [1.29, 1.82) is 0 Å². The second-order valence-corrected chi connectivity index (χ2v) is 5.32. The van der Waals surface area contributed by atoms with Crippen molar-refractivity contribution >= 4 is 29.2 Å². The average molecular weight is 297 g/mol. The topological polar surface area (TPSA) is 55.1 Å². The van der Waals surface area contributed by atoms with Crippen LogP contribution in [0.4, 0.5) is 0 Å². The van der Waals surface area contributed by atoms with Gasteiger partial charge >= 0.3 is 5.97 Å². The summed E-state index contributed by atoms with van der Waals surface area (Å²) in [7, 11) is 0. The molecule has 0 spiro atoms. The number of carbonyl (C=O) groups is 1. The normalized spacial score (nSPS) is 14.6. The van der Waals surface area contributed by atoms with Crippen molar-refractivity contribution in [3.8, 4) is 5.69 Å². The number of carboxylic acid groups (broad SMARTS) is 1. The summed E-state index contributed by atoms with van der Waals surface area (Å²) in [5.41, 5.74) is 1.45. The van der Waals surface area contributed by atoms with E-state index in [1.165, 1.54) is 6.20 Å². The number of halogens is 2. The fourth-order valence-electron chi connectivity index (χ4n) is 2.14. The maximum absolute atomic E-state index is 11.2. The molecule has 0 aliphatic heterocycles. The molecule has 1 aliphatic rings. The Labute approximate surface area is 119 Å². The van der Waals surface area contributed by atoms with Crippen molar-refractivity contribution in [3.63, 3.8) is 0 Å². The molecule has 3 rings (SSSR count). The number of hydrogen-bond donors (Lipinski definition) is 1. The van der Waals surface area contributed by atoms with Crippen molar-refractivity contribution in [3.05, 3.63) is 45.7 Å². The molecule has 1 aromatic heterocycles. The van der Waals surface area contributed by atoms with Gasteiger partial charge in [-0.15, -0.1) is 0 Å². The number of aromatic nitrogens is 2. The van der Waals surface area contributed by atoms with Gasteiger partial charge in [-0.1, -0.05) is 29.3 Å². The summed E-state index contributed by atoms with van der Waals surface area (Å²) >= 11 is 12.3. The molecule has 1 heterocycles. The van der Waals surface area contributed by atoms with Gasteiger partial charge in [0.1, 0.15) is 11.3 Å². The fourth-order valence-corrected chi connectivity index (χ4v) is 2.70. The summed E-state index contributed by atoms with van der Waals surface area (Å²) in [5, 5.41) is 14.3. The standard InChI is InChI=1S/C13H10Cl2N2O2/c14-9-2-1-3-10(15)12(9)17-11(7-4-5-7)8(6-16-17)13(18)19/h1-3,6-7H,4-5H2,(H,18,19). The van der Waals surface area contributed by atoms with Gasteiger partial charge in [-0.2, -0.15) is 5.10 Å². The van der Waals surface area contributed by atoms with Crippen LogP contribution >= 0.6 is 23.2 Å². The Hall–Kier alpha value is -1.52. The molecule has 0 saturated heterocycles. The highest BCUT2D eigenvalue weighted by molar-refractivity contribution is 6.37. The first-order valence-electron chi connectivity index (χ1n) is 5.85. The molecule has 1 N–H and O–H groups in total. The third-order valence-corrected chi connectivity index (χ3v) is 3.76. The second-order valence-electron chi connectivity index (χ2n) is 4.50. The minimum absolute atomic E-state index is 0.221. The van der Waals surface area contributed by atoms with E-state index in [1.54, 1.807) is 22.9 Å². The average Bonchev–Trinajstić information content (AvgIpc) is 3.09. The van der Waals surface area contributed by atoms with Gasteiger partial charge in [0.25, 0.3) is 0 Å². The van der Waals surface area contributed by atoms with Gasteiger partial charge in [0.05, 0.1) is 21.9 Å². The molecular weight excluding hydrogens is 287 g/mol. The molecule has 6 heteroatoms. The molecule has 1 aromatic carbocycles. The predicted molar refractivity (Wildman–Crippen MR) is 72.5 cm³/mol. The van der Waals surface area contributed by atoms with Crippen molar-refractivity contribution in [1.82, 2.24) is 9.78 Å². The van der Waals surface area contributed by atoms with E-state index in [-0.39, 0.29) is 11.5 Å². The molecule has 4 nitrogen and oxygen atoms in total. The van der Waals surface area contributed by atoms with Gasteiger partial charge in [0.15, 0.2) is 0 Å². The largest absolute Gasteiger partial charge is 0.478 e. The molecule has 1 fully saturated rings. The number of rotatable bonds is 3. The van der Waals surface area contributed by atoms with Crippen LogP contribution in [0.15, 0.2) is 24.4 Å². The zero-order valence-electron chi connectivity index (χ0n) is 9.81. The lowest BCUT2D eigenvalue weighted by Crippen LogP contribution is -2.06. The Morgan fingerprint density at radius 2 is 1.95 bits per heavy atom. The molecule has 1 saturated carbocycles. The monoisotopic (exact) mass is 296 g/mol. The SMILES string of the molecule is O=C(O)c1cnn(-c2c(Cl)cccc2Cl)c1C1CC1. The fraction of sp³-hybridized carbons (Fsp3) is 0.231. The Bertz CT molecular complexity index is 642. The summed E-state index contributed by atoms with van der Waals surface area (Å²) in [6, 6.07) is 5.16. The molecule has 0 amide bonds. The molecule has 1 aliphatic carbocycles. The maximum Gasteiger partial charge on any atom is 0.339 e. The van der Waals surface area contributed by atoms with Crippen molar-refractivity contribution < 1.29 is 9.90 Å². The van der Waals surface area contributed by atoms with E-state index in [0.717, 1.165) is 12.8 Å². The van der Waals surface area contributed by atoms with Crippen LogP contribution in [0.1, 0.15) is 34.8 Å². The minimum atomic E-state index is -0.976. The van der Waals surface area contributed by atoms with Crippen LogP contribution in [-0.2, 0) is 0 Å². The van der Waals surface area contributed by atoms with Crippen molar-refractivity contribution in [2.75, 3.05) is 0 Å². The van der Waals surface area contributed by atoms with E-state index in [4.69, 9.17) is 23.2 Å². The predicted octanol–water partition coefficient (Wildman–Crippen LogP) is 3.75. The molecule has 0 unspecified atom stereocenters. The first-order valence-corrected chi connectivity index (χ1v) is 6.60. The summed E-state index contributed by atoms with van der Waals surface area (Å²) in [6.07, 6.45) is 3.29. The maximum atomic E-state index is 11.2. The van der Waals surface area contributed by atoms with E-state index >= 15 is 0 Å². The van der Waals surface area contributed by atoms with Gasteiger partial charge in [-0.05, 0) is 25.0 Å². The lowest BCUT2D eigenvalue weighted by molar-refractivity contribution is 0.0695. The molecule has 0 radical (unpaired) electrons. The van der Waals surface area contributed by atoms with Crippen LogP contribution in [-0.4, -0.2) is 20.9 Å². The molecular formula is C13H10Cl2N2O2. The van der Waals surface area contributed by atoms with E-state index in [9.17, 15) is 9.90 Å². The third kappa shape index (κ3) is 2.11. The highest BCUT2D eigenvalue weighted by Gasteiger charge is 2.33. The second kappa shape index (κ2) is 4.54. The van der Waals surface area contributed by atoms with E-state index in [0.29, 0.717) is 21.4 Å². The minimum Gasteiger partial charge on any atom is -0.478 e. The van der Waals surface area contributed by atoms with Crippen LogP contribution in [0.3, 0.4) is 0 Å². The van der Waals surface area contributed by atoms with E-state index in [2.05, 4.69) is 5.10 Å². The molecule has 2 aromatic rings. The zero-order valence-corrected chi connectivity index (χ0v) is 11.3. The number of nitrogens with zero attached hydrogens (tertiary/aromatic N) is 2. The smallest absolute Gasteiger partial charge is 0.339 e. The van der Waals surface area contributed by atoms with Crippen molar-refractivity contribution in [2.45, 2.75) is 18.8 Å². The Kier molecular flexibility index (Phi) is 2.99. The van der Waals surface area contributed by atoms with Gasteiger partial charge < -0.3 is 5.11 Å². The van der Waals surface area contributed by atoms with Crippen molar-refractivity contribution in [2.24, 2.45) is 0 Å². The van der Waals surface area contributed by atoms with Gasteiger partial charge in [-0.3, -0.25) is 0 Å². The quantitative estimate of drug-likeness (QED) is 0.938. The highest BCUT2D eigenvalue weighted by Crippen LogP contribution is 2.43. The third-order valence-electron chi connectivity index (χ3n) is 3.15. The first-order chi connectivity index (χ1) is 9.09. The zero-order chi connectivity index (χ0) is 13.6. The van der Waals surface area contributed by atoms with Crippen LogP contribution in [0.5, 0.6) is 0 Å². The number of carboxylic acids is 1. The van der Waals surface area contributed by atoms with Crippen LogP contribution in [0, 0.1) is 0 Å². The lowest BCUT2D eigenvalue weighted by atomic mass is 10.1. The number of benzene rings is 1. The van der Waals surface area contributed by atoms with E-state index < -0.39 is 5.97 Å². The molecule has 19 heavy (non-hydrogen) atoms. The van der Waals surface area contributed by atoms with Gasteiger partial charge in [0.2, 0.25) is 0 Å². The van der Waals surface area contributed by atoms with Crippen LogP contribution in [0.2, 0.25) is 10.0 Å². The van der Waals surface area contributed by atoms with Gasteiger partial charge in [-0.25, -0.2) is 9.48 Å². The molecule has 98 valence electrons. The number of hydrogen-bond acceptors (Lipinski definition) is 2.